The minimum atomic E-state index is -0.248. The van der Waals surface area contributed by atoms with E-state index in [0.29, 0.717) is 16.9 Å². The molecule has 3 heterocycles. The van der Waals surface area contributed by atoms with Gasteiger partial charge in [0, 0.05) is 44.6 Å². The lowest BCUT2D eigenvalue weighted by molar-refractivity contribution is 0.311. The zero-order valence-electron chi connectivity index (χ0n) is 13.8. The Hall–Kier alpha value is -2.54. The molecule has 1 N–H and O–H groups in total. The van der Waals surface area contributed by atoms with Crippen LogP contribution in [0.15, 0.2) is 24.5 Å². The Morgan fingerprint density at radius 1 is 1.08 bits per heavy atom. The molecular formula is C17H19FN6. The standard InChI is InChI=1S/C17H19FN6/c1-11-7-14-15(8-13(11)18)22-16(21-14)12-9-19-17(20-10-12)24-5-3-23(2)4-6-24/h7-10H,3-6H2,1-2H3,(H,21,22). The van der Waals surface area contributed by atoms with Crippen LogP contribution in [0.5, 0.6) is 0 Å². The summed E-state index contributed by atoms with van der Waals surface area (Å²) in [7, 11) is 2.12. The van der Waals surface area contributed by atoms with E-state index in [1.54, 1.807) is 25.4 Å². The first-order valence-electron chi connectivity index (χ1n) is 8.02. The van der Waals surface area contributed by atoms with Crippen molar-refractivity contribution < 1.29 is 4.39 Å². The van der Waals surface area contributed by atoms with Crippen LogP contribution in [0.4, 0.5) is 10.3 Å². The second-order valence-electron chi connectivity index (χ2n) is 6.27. The third kappa shape index (κ3) is 2.71. The summed E-state index contributed by atoms with van der Waals surface area (Å²) in [5.74, 6) is 1.15. The van der Waals surface area contributed by atoms with Gasteiger partial charge in [-0.15, -0.1) is 0 Å². The average molecular weight is 326 g/mol. The normalized spacial score (nSPS) is 16.0. The molecule has 3 aromatic rings. The fraction of sp³-hybridized carbons (Fsp3) is 0.353. The molecule has 1 fully saturated rings. The molecule has 7 heteroatoms. The van der Waals surface area contributed by atoms with Gasteiger partial charge in [-0.1, -0.05) is 0 Å². The fourth-order valence-electron chi connectivity index (χ4n) is 2.89. The molecule has 1 aromatic carbocycles. The number of aryl methyl sites for hydroxylation is 1. The van der Waals surface area contributed by atoms with Gasteiger partial charge in [-0.05, 0) is 25.6 Å². The van der Waals surface area contributed by atoms with Gasteiger partial charge in [0.15, 0.2) is 0 Å². The summed E-state index contributed by atoms with van der Waals surface area (Å²) in [5, 5.41) is 0. The summed E-state index contributed by atoms with van der Waals surface area (Å²) < 4.78 is 13.7. The molecule has 6 nitrogen and oxygen atoms in total. The second-order valence-corrected chi connectivity index (χ2v) is 6.27. The number of fused-ring (bicyclic) bond motifs is 1. The lowest BCUT2D eigenvalue weighted by Crippen LogP contribution is -2.45. The van der Waals surface area contributed by atoms with Gasteiger partial charge >= 0.3 is 0 Å². The van der Waals surface area contributed by atoms with E-state index in [1.807, 2.05) is 0 Å². The van der Waals surface area contributed by atoms with Crippen molar-refractivity contribution in [3.8, 4) is 11.4 Å². The van der Waals surface area contributed by atoms with Crippen LogP contribution in [0.2, 0.25) is 0 Å². The number of anilines is 1. The lowest BCUT2D eigenvalue weighted by atomic mass is 10.2. The molecule has 24 heavy (non-hydrogen) atoms. The van der Waals surface area contributed by atoms with Gasteiger partial charge in [0.1, 0.15) is 11.6 Å². The second kappa shape index (κ2) is 5.83. The first-order chi connectivity index (χ1) is 11.6. The number of aromatic nitrogens is 4. The molecule has 0 amide bonds. The third-order valence-electron chi connectivity index (χ3n) is 4.46. The van der Waals surface area contributed by atoms with Crippen molar-refractivity contribution in [2.24, 2.45) is 0 Å². The lowest BCUT2D eigenvalue weighted by Gasteiger charge is -2.32. The molecule has 124 valence electrons. The van der Waals surface area contributed by atoms with Crippen LogP contribution in [0.3, 0.4) is 0 Å². The van der Waals surface area contributed by atoms with Gasteiger partial charge in [-0.3, -0.25) is 0 Å². The molecule has 0 saturated carbocycles. The van der Waals surface area contributed by atoms with Crippen LogP contribution in [-0.4, -0.2) is 58.1 Å². The van der Waals surface area contributed by atoms with E-state index in [-0.39, 0.29) is 5.82 Å². The number of imidazole rings is 1. The smallest absolute Gasteiger partial charge is 0.225 e. The number of H-pyrrole nitrogens is 1. The first kappa shape index (κ1) is 15.0. The zero-order valence-corrected chi connectivity index (χ0v) is 13.8. The van der Waals surface area contributed by atoms with Gasteiger partial charge < -0.3 is 14.8 Å². The van der Waals surface area contributed by atoms with Crippen LogP contribution in [0, 0.1) is 12.7 Å². The average Bonchev–Trinajstić information content (AvgIpc) is 2.99. The number of likely N-dealkylation sites (N-methyl/N-ethyl adjacent to an activating group) is 1. The van der Waals surface area contributed by atoms with Crippen molar-refractivity contribution in [2.75, 3.05) is 38.1 Å². The summed E-state index contributed by atoms with van der Waals surface area (Å²) in [6, 6.07) is 3.21. The Morgan fingerprint density at radius 3 is 2.50 bits per heavy atom. The maximum absolute atomic E-state index is 13.7. The molecule has 0 radical (unpaired) electrons. The van der Waals surface area contributed by atoms with Crippen molar-refractivity contribution in [2.45, 2.75) is 6.92 Å². The number of rotatable bonds is 2. The van der Waals surface area contributed by atoms with Gasteiger partial charge in [0.2, 0.25) is 5.95 Å². The molecular weight excluding hydrogens is 307 g/mol. The van der Waals surface area contributed by atoms with E-state index in [1.165, 1.54) is 6.07 Å². The number of nitrogens with one attached hydrogen (secondary N) is 1. The number of halogens is 1. The number of hydrogen-bond donors (Lipinski definition) is 1. The zero-order chi connectivity index (χ0) is 16.7. The highest BCUT2D eigenvalue weighted by Crippen LogP contribution is 2.22. The predicted molar refractivity (Wildman–Crippen MR) is 91.5 cm³/mol. The SMILES string of the molecule is Cc1cc2[nH]c(-c3cnc(N4CCN(C)CC4)nc3)nc2cc1F. The Kier molecular flexibility index (Phi) is 3.65. The Balaban J connectivity index is 1.60. The summed E-state index contributed by atoms with van der Waals surface area (Å²) >= 11 is 0. The van der Waals surface area contributed by atoms with Crippen molar-refractivity contribution in [3.63, 3.8) is 0 Å². The third-order valence-corrected chi connectivity index (χ3v) is 4.46. The number of aromatic amines is 1. The minimum absolute atomic E-state index is 0.248. The molecule has 0 bridgehead atoms. The Bertz CT molecular complexity index is 826. The Morgan fingerprint density at radius 2 is 1.79 bits per heavy atom. The molecule has 2 aromatic heterocycles. The molecule has 1 aliphatic rings. The van der Waals surface area contributed by atoms with Crippen LogP contribution in [0.1, 0.15) is 5.56 Å². The molecule has 1 aliphatic heterocycles. The summed E-state index contributed by atoms with van der Waals surface area (Å²) in [6.07, 6.45) is 3.53. The van der Waals surface area contributed by atoms with Crippen LogP contribution >= 0.6 is 0 Å². The van der Waals surface area contributed by atoms with Crippen molar-refractivity contribution in [1.82, 2.24) is 24.8 Å². The van der Waals surface area contributed by atoms with Crippen molar-refractivity contribution in [1.29, 1.82) is 0 Å². The summed E-state index contributed by atoms with van der Waals surface area (Å²) in [6.45, 7) is 5.63. The maximum Gasteiger partial charge on any atom is 0.225 e. The highest BCUT2D eigenvalue weighted by atomic mass is 19.1. The monoisotopic (exact) mass is 326 g/mol. The van der Waals surface area contributed by atoms with Crippen LogP contribution in [0.25, 0.3) is 22.4 Å². The fourth-order valence-corrected chi connectivity index (χ4v) is 2.89. The predicted octanol–water partition coefficient (Wildman–Crippen LogP) is 2.22. The summed E-state index contributed by atoms with van der Waals surface area (Å²) in [5.41, 5.74) is 2.81. The topological polar surface area (TPSA) is 60.9 Å². The number of nitrogens with zero attached hydrogens (tertiary/aromatic N) is 5. The van der Waals surface area contributed by atoms with E-state index in [4.69, 9.17) is 0 Å². The van der Waals surface area contributed by atoms with E-state index in [2.05, 4.69) is 36.8 Å². The largest absolute Gasteiger partial charge is 0.338 e. The molecule has 0 spiro atoms. The molecule has 0 unspecified atom stereocenters. The van der Waals surface area contributed by atoms with Crippen LogP contribution < -0.4 is 4.90 Å². The van der Waals surface area contributed by atoms with Crippen LogP contribution in [-0.2, 0) is 0 Å². The molecule has 0 aliphatic carbocycles. The first-order valence-corrected chi connectivity index (χ1v) is 8.02. The van der Waals surface area contributed by atoms with E-state index in [9.17, 15) is 4.39 Å². The van der Waals surface area contributed by atoms with Gasteiger partial charge in [0.05, 0.1) is 16.6 Å². The van der Waals surface area contributed by atoms with E-state index < -0.39 is 0 Å². The highest BCUT2D eigenvalue weighted by Gasteiger charge is 2.16. The molecule has 1 saturated heterocycles. The number of benzene rings is 1. The highest BCUT2D eigenvalue weighted by molar-refractivity contribution is 5.80. The summed E-state index contributed by atoms with van der Waals surface area (Å²) in [4.78, 5) is 21.1. The maximum atomic E-state index is 13.7. The van der Waals surface area contributed by atoms with Crippen molar-refractivity contribution >= 4 is 17.0 Å². The number of hydrogen-bond acceptors (Lipinski definition) is 5. The molecule has 4 rings (SSSR count). The van der Waals surface area contributed by atoms with Gasteiger partial charge in [-0.2, -0.15) is 0 Å². The minimum Gasteiger partial charge on any atom is -0.338 e. The Labute approximate surface area is 139 Å². The van der Waals surface area contributed by atoms with Crippen molar-refractivity contribution in [3.05, 3.63) is 35.9 Å². The van der Waals surface area contributed by atoms with Gasteiger partial charge in [-0.25, -0.2) is 19.3 Å². The van der Waals surface area contributed by atoms with E-state index in [0.717, 1.165) is 43.2 Å². The molecule has 0 atom stereocenters. The van der Waals surface area contributed by atoms with E-state index >= 15 is 0 Å². The quantitative estimate of drug-likeness (QED) is 0.782. The van der Waals surface area contributed by atoms with Gasteiger partial charge in [0.25, 0.3) is 0 Å². The number of piperazine rings is 1.